The monoisotopic (exact) mass is 404 g/mol. The van der Waals surface area contributed by atoms with Crippen LogP contribution in [0, 0.1) is 0 Å². The van der Waals surface area contributed by atoms with Crippen LogP contribution in [-0.2, 0) is 14.3 Å². The van der Waals surface area contributed by atoms with E-state index in [0.29, 0.717) is 13.1 Å². The van der Waals surface area contributed by atoms with Crippen LogP contribution in [0.4, 0.5) is 0 Å². The molecule has 2 aliphatic rings. The van der Waals surface area contributed by atoms with Gasteiger partial charge in [-0.05, 0) is 62.1 Å². The molecule has 1 N–H and O–H groups in total. The quantitative estimate of drug-likeness (QED) is 0.257. The average Bonchev–Trinajstić information content (AvgIpc) is 3.27. The summed E-state index contributed by atoms with van der Waals surface area (Å²) in [6.45, 7) is 0.925. The lowest BCUT2D eigenvalue weighted by atomic mass is 9.89. The van der Waals surface area contributed by atoms with E-state index in [0.717, 1.165) is 49.9 Å². The minimum absolute atomic E-state index is 0.244. The minimum Gasteiger partial charge on any atom is -0.493 e. The van der Waals surface area contributed by atoms with Crippen LogP contribution < -0.4 is 9.47 Å². The first-order chi connectivity index (χ1) is 14.1. The van der Waals surface area contributed by atoms with Crippen LogP contribution in [0.5, 0.6) is 11.5 Å². The van der Waals surface area contributed by atoms with Crippen LogP contribution in [0.3, 0.4) is 0 Å². The van der Waals surface area contributed by atoms with Crippen molar-refractivity contribution in [3.8, 4) is 11.5 Å². The largest absolute Gasteiger partial charge is 0.493 e. The van der Waals surface area contributed by atoms with Crippen LogP contribution >= 0.6 is 0 Å². The highest BCUT2D eigenvalue weighted by Crippen LogP contribution is 2.37. The van der Waals surface area contributed by atoms with Crippen molar-refractivity contribution in [1.29, 1.82) is 0 Å². The molecule has 1 saturated carbocycles. The van der Waals surface area contributed by atoms with Crippen LogP contribution in [0.2, 0.25) is 0 Å². The Bertz CT molecular complexity index is 764. The number of ether oxygens (including phenoxy) is 3. The number of likely N-dealkylation sites (tertiary alicyclic amines) is 1. The Kier molecular flexibility index (Phi) is 6.95. The van der Waals surface area contributed by atoms with Crippen LogP contribution in [0.15, 0.2) is 23.4 Å². The van der Waals surface area contributed by atoms with E-state index in [2.05, 4.69) is 9.89 Å². The number of oxime groups is 1. The number of nitrogens with zero attached hydrogens (tertiary/aromatic N) is 2. The van der Waals surface area contributed by atoms with Gasteiger partial charge in [-0.1, -0.05) is 11.2 Å². The van der Waals surface area contributed by atoms with E-state index in [4.69, 9.17) is 14.7 Å². The summed E-state index contributed by atoms with van der Waals surface area (Å²) in [7, 11) is 2.78. The highest BCUT2D eigenvalue weighted by atomic mass is 16.5. The van der Waals surface area contributed by atoms with E-state index in [9.17, 15) is 9.59 Å². The van der Waals surface area contributed by atoms with Crippen LogP contribution in [-0.4, -0.2) is 61.1 Å². The number of carbonyl (C=O) groups is 2. The first kappa shape index (κ1) is 21.0. The lowest BCUT2D eigenvalue weighted by Gasteiger charge is -2.32. The average molecular weight is 404 g/mol. The number of piperidine rings is 1. The van der Waals surface area contributed by atoms with E-state index in [-0.39, 0.29) is 12.0 Å². The van der Waals surface area contributed by atoms with Crippen molar-refractivity contribution >= 4 is 17.6 Å². The predicted octanol–water partition coefficient (Wildman–Crippen LogP) is 2.73. The molecule has 1 amide bonds. The molecule has 1 saturated heterocycles. The molecular weight excluding hydrogens is 376 g/mol. The third-order valence-corrected chi connectivity index (χ3v) is 5.72. The Morgan fingerprint density at radius 3 is 2.34 bits per heavy atom. The van der Waals surface area contributed by atoms with Gasteiger partial charge in [0.05, 0.1) is 20.3 Å². The first-order valence-corrected chi connectivity index (χ1v) is 10.0. The second kappa shape index (κ2) is 9.62. The molecular formula is C21H28N2O6. The number of hydrogen-bond donors (Lipinski definition) is 1. The molecule has 8 nitrogen and oxygen atoms in total. The molecule has 0 aromatic heterocycles. The number of methoxy groups -OCH3 is 2. The summed E-state index contributed by atoms with van der Waals surface area (Å²) in [4.78, 5) is 25.5. The van der Waals surface area contributed by atoms with Gasteiger partial charge in [-0.3, -0.25) is 4.79 Å². The smallest absolute Gasteiger partial charge is 0.365 e. The molecule has 0 radical (unpaired) electrons. The van der Waals surface area contributed by atoms with Gasteiger partial charge in [-0.2, -0.15) is 0 Å². The number of rotatable bonds is 6. The summed E-state index contributed by atoms with van der Waals surface area (Å²) in [6, 6.07) is 6.02. The standard InChI is InChI=1S/C21H28N2O6/c1-27-17-8-7-15(13-18(17)29-16-5-3-4-6-16)14-9-11-23(12-10-14)20(24)19(22-26)21(25)28-2/h7-8,13-14,16,26H,3-6,9-12H2,1-2H3/b22-19-. The van der Waals surface area contributed by atoms with Gasteiger partial charge in [0.15, 0.2) is 11.5 Å². The van der Waals surface area contributed by atoms with Crippen molar-refractivity contribution in [2.24, 2.45) is 5.16 Å². The maximum Gasteiger partial charge on any atom is 0.365 e. The van der Waals surface area contributed by atoms with E-state index in [1.807, 2.05) is 18.2 Å². The van der Waals surface area contributed by atoms with Crippen molar-refractivity contribution in [1.82, 2.24) is 4.90 Å². The topological polar surface area (TPSA) is 97.7 Å². The summed E-state index contributed by atoms with van der Waals surface area (Å²) >= 11 is 0. The maximum absolute atomic E-state index is 12.4. The fourth-order valence-corrected chi connectivity index (χ4v) is 4.06. The molecule has 1 aromatic carbocycles. The lowest BCUT2D eigenvalue weighted by molar-refractivity contribution is -0.135. The molecule has 0 atom stereocenters. The van der Waals surface area contributed by atoms with Gasteiger partial charge >= 0.3 is 5.97 Å². The van der Waals surface area contributed by atoms with Gasteiger partial charge in [0.2, 0.25) is 0 Å². The van der Waals surface area contributed by atoms with Crippen molar-refractivity contribution in [3.05, 3.63) is 23.8 Å². The van der Waals surface area contributed by atoms with Crippen LogP contribution in [0.1, 0.15) is 50.0 Å². The normalized spacial score (nSPS) is 18.6. The minimum atomic E-state index is -0.941. The molecule has 1 aliphatic heterocycles. The van der Waals surface area contributed by atoms with Crippen molar-refractivity contribution in [2.45, 2.75) is 50.5 Å². The number of esters is 1. The van der Waals surface area contributed by atoms with Gasteiger partial charge in [0.1, 0.15) is 0 Å². The van der Waals surface area contributed by atoms with E-state index >= 15 is 0 Å². The van der Waals surface area contributed by atoms with Crippen molar-refractivity contribution in [2.75, 3.05) is 27.3 Å². The molecule has 158 valence electrons. The number of benzene rings is 1. The van der Waals surface area contributed by atoms with E-state index in [1.54, 1.807) is 7.11 Å². The Hall–Kier alpha value is -2.77. The molecule has 0 unspecified atom stereocenters. The maximum atomic E-state index is 12.4. The van der Waals surface area contributed by atoms with Crippen molar-refractivity contribution < 1.29 is 29.0 Å². The summed E-state index contributed by atoms with van der Waals surface area (Å²) in [5, 5.41) is 11.8. The lowest BCUT2D eigenvalue weighted by Crippen LogP contribution is -2.44. The number of carbonyl (C=O) groups excluding carboxylic acids is 2. The van der Waals surface area contributed by atoms with Gasteiger partial charge in [-0.25, -0.2) is 4.79 Å². The summed E-state index contributed by atoms with van der Waals surface area (Å²) in [5.41, 5.74) is 0.553. The molecule has 29 heavy (non-hydrogen) atoms. The first-order valence-electron chi connectivity index (χ1n) is 10.0. The molecule has 3 rings (SSSR count). The molecule has 1 aliphatic carbocycles. The van der Waals surface area contributed by atoms with Gasteiger partial charge in [-0.15, -0.1) is 0 Å². The molecule has 0 spiro atoms. The van der Waals surface area contributed by atoms with E-state index < -0.39 is 17.6 Å². The zero-order chi connectivity index (χ0) is 20.8. The SMILES string of the molecule is COC(=O)/C(=N\O)C(=O)N1CCC(c2ccc(OC)c(OC3CCCC3)c2)CC1. The molecule has 2 fully saturated rings. The second-order valence-corrected chi connectivity index (χ2v) is 7.44. The van der Waals surface area contributed by atoms with Gasteiger partial charge in [0.25, 0.3) is 11.6 Å². The fraction of sp³-hybridized carbons (Fsp3) is 0.571. The second-order valence-electron chi connectivity index (χ2n) is 7.44. The third kappa shape index (κ3) is 4.81. The summed E-state index contributed by atoms with van der Waals surface area (Å²) in [5.74, 6) is 0.218. The predicted molar refractivity (Wildman–Crippen MR) is 106 cm³/mol. The zero-order valence-corrected chi connectivity index (χ0v) is 16.9. The summed E-state index contributed by atoms with van der Waals surface area (Å²) in [6.07, 6.45) is 6.26. The molecule has 8 heteroatoms. The Morgan fingerprint density at radius 2 is 1.76 bits per heavy atom. The molecule has 1 heterocycles. The molecule has 0 bridgehead atoms. The molecule has 1 aromatic rings. The van der Waals surface area contributed by atoms with Gasteiger partial charge < -0.3 is 24.3 Å². The highest BCUT2D eigenvalue weighted by molar-refractivity contribution is 6.63. The number of hydrogen-bond acceptors (Lipinski definition) is 7. The fourth-order valence-electron chi connectivity index (χ4n) is 4.06. The van der Waals surface area contributed by atoms with E-state index in [1.165, 1.54) is 17.7 Å². The Labute approximate surface area is 170 Å². The third-order valence-electron chi connectivity index (χ3n) is 5.72. The summed E-state index contributed by atoms with van der Waals surface area (Å²) < 4.78 is 16.1. The van der Waals surface area contributed by atoms with Crippen molar-refractivity contribution in [3.63, 3.8) is 0 Å². The Balaban J connectivity index is 1.65. The highest BCUT2D eigenvalue weighted by Gasteiger charge is 2.31. The van der Waals surface area contributed by atoms with Gasteiger partial charge in [0, 0.05) is 13.1 Å². The number of amides is 1. The zero-order valence-electron chi connectivity index (χ0n) is 16.9. The Morgan fingerprint density at radius 1 is 1.07 bits per heavy atom. The van der Waals surface area contributed by atoms with Crippen LogP contribution in [0.25, 0.3) is 0 Å².